The lowest BCUT2D eigenvalue weighted by atomic mass is 10.2. The predicted molar refractivity (Wildman–Crippen MR) is 91.6 cm³/mol. The SMILES string of the molecule is Cc1nc(SCC(=O)N2C[C@H](C)O[C@@H](C)C2)c2ccccc2n1. The molecular formula is C17H21N3O2S. The maximum atomic E-state index is 12.5. The van der Waals surface area contributed by atoms with Gasteiger partial charge in [0.15, 0.2) is 0 Å². The van der Waals surface area contributed by atoms with E-state index < -0.39 is 0 Å². The molecular weight excluding hydrogens is 310 g/mol. The predicted octanol–water partition coefficient (Wildman–Crippen LogP) is 2.67. The zero-order valence-corrected chi connectivity index (χ0v) is 14.5. The second kappa shape index (κ2) is 6.84. The van der Waals surface area contributed by atoms with Crippen LogP contribution in [0.2, 0.25) is 0 Å². The molecule has 2 heterocycles. The van der Waals surface area contributed by atoms with E-state index in [9.17, 15) is 4.79 Å². The Balaban J connectivity index is 1.72. The Bertz CT molecular complexity index is 712. The van der Waals surface area contributed by atoms with E-state index in [-0.39, 0.29) is 18.1 Å². The van der Waals surface area contributed by atoms with E-state index in [1.807, 2.05) is 49.9 Å². The first-order valence-electron chi connectivity index (χ1n) is 7.82. The van der Waals surface area contributed by atoms with Crippen LogP contribution in [0.1, 0.15) is 19.7 Å². The highest BCUT2D eigenvalue weighted by molar-refractivity contribution is 8.00. The minimum Gasteiger partial charge on any atom is -0.372 e. The highest BCUT2D eigenvalue weighted by Crippen LogP contribution is 2.25. The van der Waals surface area contributed by atoms with E-state index in [0.29, 0.717) is 18.8 Å². The molecule has 0 aliphatic carbocycles. The molecule has 1 aromatic heterocycles. The molecule has 6 heteroatoms. The fourth-order valence-corrected chi connectivity index (χ4v) is 3.84. The van der Waals surface area contributed by atoms with E-state index in [2.05, 4.69) is 9.97 Å². The Kier molecular flexibility index (Phi) is 4.82. The Hall–Kier alpha value is -1.66. The van der Waals surface area contributed by atoms with Crippen molar-refractivity contribution in [3.8, 4) is 0 Å². The number of morpholine rings is 1. The topological polar surface area (TPSA) is 55.3 Å². The Labute approximate surface area is 140 Å². The van der Waals surface area contributed by atoms with Gasteiger partial charge in [0.2, 0.25) is 5.91 Å². The van der Waals surface area contributed by atoms with Crippen molar-refractivity contribution in [3.63, 3.8) is 0 Å². The number of hydrogen-bond acceptors (Lipinski definition) is 5. The number of rotatable bonds is 3. The van der Waals surface area contributed by atoms with Gasteiger partial charge in [-0.15, -0.1) is 0 Å². The quantitative estimate of drug-likeness (QED) is 0.639. The number of thioether (sulfide) groups is 1. The second-order valence-corrected chi connectivity index (χ2v) is 6.90. The van der Waals surface area contributed by atoms with Crippen molar-refractivity contribution in [1.82, 2.24) is 14.9 Å². The van der Waals surface area contributed by atoms with Crippen LogP contribution in [0.5, 0.6) is 0 Å². The highest BCUT2D eigenvalue weighted by atomic mass is 32.2. The van der Waals surface area contributed by atoms with E-state index in [1.165, 1.54) is 11.8 Å². The highest BCUT2D eigenvalue weighted by Gasteiger charge is 2.25. The molecule has 1 amide bonds. The van der Waals surface area contributed by atoms with Crippen molar-refractivity contribution in [2.75, 3.05) is 18.8 Å². The molecule has 1 aliphatic rings. The Morgan fingerprint density at radius 2 is 1.96 bits per heavy atom. The minimum absolute atomic E-state index is 0.0924. The summed E-state index contributed by atoms with van der Waals surface area (Å²) in [6.07, 6.45) is 0.185. The maximum Gasteiger partial charge on any atom is 0.233 e. The summed E-state index contributed by atoms with van der Waals surface area (Å²) in [6, 6.07) is 7.91. The number of para-hydroxylation sites is 1. The molecule has 0 unspecified atom stereocenters. The number of carbonyl (C=O) groups is 1. The number of amides is 1. The zero-order chi connectivity index (χ0) is 16.4. The van der Waals surface area contributed by atoms with Crippen LogP contribution in [0, 0.1) is 6.92 Å². The van der Waals surface area contributed by atoms with Crippen LogP contribution in [0.3, 0.4) is 0 Å². The van der Waals surface area contributed by atoms with E-state index in [1.54, 1.807) is 0 Å². The summed E-state index contributed by atoms with van der Waals surface area (Å²) in [5, 5.41) is 1.87. The molecule has 122 valence electrons. The van der Waals surface area contributed by atoms with Gasteiger partial charge in [-0.05, 0) is 26.8 Å². The number of benzene rings is 1. The number of nitrogens with zero attached hydrogens (tertiary/aromatic N) is 3. The van der Waals surface area contributed by atoms with E-state index in [4.69, 9.17) is 4.74 Å². The van der Waals surface area contributed by atoms with Crippen molar-refractivity contribution >= 4 is 28.6 Å². The molecule has 1 aliphatic heterocycles. The van der Waals surface area contributed by atoms with Crippen LogP contribution in [-0.4, -0.2) is 51.8 Å². The van der Waals surface area contributed by atoms with E-state index >= 15 is 0 Å². The Morgan fingerprint density at radius 3 is 2.70 bits per heavy atom. The number of carbonyl (C=O) groups excluding carboxylic acids is 1. The minimum atomic E-state index is 0.0924. The number of ether oxygens (including phenoxy) is 1. The van der Waals surface area contributed by atoms with Crippen LogP contribution in [0.25, 0.3) is 10.9 Å². The van der Waals surface area contributed by atoms with Gasteiger partial charge in [0.25, 0.3) is 0 Å². The van der Waals surface area contributed by atoms with Gasteiger partial charge in [-0.25, -0.2) is 9.97 Å². The number of aromatic nitrogens is 2. The molecule has 3 rings (SSSR count). The van der Waals surface area contributed by atoms with Crippen molar-refractivity contribution < 1.29 is 9.53 Å². The molecule has 2 atom stereocenters. The monoisotopic (exact) mass is 331 g/mol. The van der Waals surface area contributed by atoms with Gasteiger partial charge in [0.05, 0.1) is 23.5 Å². The van der Waals surface area contributed by atoms with Gasteiger partial charge in [-0.1, -0.05) is 30.0 Å². The van der Waals surface area contributed by atoms with Gasteiger partial charge < -0.3 is 9.64 Å². The molecule has 1 fully saturated rings. The maximum absolute atomic E-state index is 12.5. The van der Waals surface area contributed by atoms with Gasteiger partial charge >= 0.3 is 0 Å². The van der Waals surface area contributed by atoms with Crippen LogP contribution in [-0.2, 0) is 9.53 Å². The smallest absolute Gasteiger partial charge is 0.233 e. The fraction of sp³-hybridized carbons (Fsp3) is 0.471. The first kappa shape index (κ1) is 16.2. The molecule has 23 heavy (non-hydrogen) atoms. The molecule has 5 nitrogen and oxygen atoms in total. The number of hydrogen-bond donors (Lipinski definition) is 0. The summed E-state index contributed by atoms with van der Waals surface area (Å²) in [6.45, 7) is 7.21. The largest absolute Gasteiger partial charge is 0.372 e. The summed E-state index contributed by atoms with van der Waals surface area (Å²) in [4.78, 5) is 23.3. The molecule has 0 bridgehead atoms. The van der Waals surface area contributed by atoms with Crippen LogP contribution in [0.15, 0.2) is 29.3 Å². The molecule has 0 spiro atoms. The third kappa shape index (κ3) is 3.82. The van der Waals surface area contributed by atoms with Crippen LogP contribution >= 0.6 is 11.8 Å². The van der Waals surface area contributed by atoms with Crippen molar-refractivity contribution in [3.05, 3.63) is 30.1 Å². The zero-order valence-electron chi connectivity index (χ0n) is 13.7. The molecule has 2 aromatic rings. The van der Waals surface area contributed by atoms with Crippen molar-refractivity contribution in [1.29, 1.82) is 0 Å². The average molecular weight is 331 g/mol. The summed E-state index contributed by atoms with van der Waals surface area (Å²) in [7, 11) is 0. The summed E-state index contributed by atoms with van der Waals surface area (Å²) in [5.74, 6) is 1.25. The first-order valence-corrected chi connectivity index (χ1v) is 8.81. The van der Waals surface area contributed by atoms with Gasteiger partial charge in [-0.3, -0.25) is 4.79 Å². The van der Waals surface area contributed by atoms with Gasteiger partial charge in [-0.2, -0.15) is 0 Å². The molecule has 0 saturated carbocycles. The summed E-state index contributed by atoms with van der Waals surface area (Å²) >= 11 is 1.49. The van der Waals surface area contributed by atoms with Crippen LogP contribution in [0.4, 0.5) is 0 Å². The number of aryl methyl sites for hydroxylation is 1. The first-order chi connectivity index (χ1) is 11.0. The van der Waals surface area contributed by atoms with Crippen LogP contribution < -0.4 is 0 Å². The Morgan fingerprint density at radius 1 is 1.26 bits per heavy atom. The normalized spacial score (nSPS) is 21.6. The fourth-order valence-electron chi connectivity index (χ4n) is 2.87. The van der Waals surface area contributed by atoms with E-state index in [0.717, 1.165) is 21.8 Å². The van der Waals surface area contributed by atoms with Gasteiger partial charge in [0, 0.05) is 18.5 Å². The molecule has 0 N–H and O–H groups in total. The number of fused-ring (bicyclic) bond motifs is 1. The third-order valence-electron chi connectivity index (χ3n) is 3.78. The molecule has 0 radical (unpaired) electrons. The lowest BCUT2D eigenvalue weighted by Crippen LogP contribution is -2.48. The summed E-state index contributed by atoms with van der Waals surface area (Å²) in [5.41, 5.74) is 0.920. The third-order valence-corrected chi connectivity index (χ3v) is 4.76. The molecule has 1 saturated heterocycles. The molecule has 1 aromatic carbocycles. The van der Waals surface area contributed by atoms with Crippen molar-refractivity contribution in [2.24, 2.45) is 0 Å². The standard InChI is InChI=1S/C17H21N3O2S/c1-11-8-20(9-12(2)22-11)16(21)10-23-17-14-6-4-5-7-15(14)18-13(3)19-17/h4-7,11-12H,8-10H2,1-3H3/t11-,12-/m0/s1. The lowest BCUT2D eigenvalue weighted by molar-refractivity contribution is -0.140. The summed E-state index contributed by atoms with van der Waals surface area (Å²) < 4.78 is 5.68. The van der Waals surface area contributed by atoms with Crippen molar-refractivity contribution in [2.45, 2.75) is 38.0 Å². The second-order valence-electron chi connectivity index (χ2n) is 5.94. The van der Waals surface area contributed by atoms with Gasteiger partial charge in [0.1, 0.15) is 10.9 Å². The average Bonchev–Trinajstić information content (AvgIpc) is 2.51. The lowest BCUT2D eigenvalue weighted by Gasteiger charge is -2.35.